The number of benzene rings is 1. The summed E-state index contributed by atoms with van der Waals surface area (Å²) in [5, 5.41) is 17.8. The van der Waals surface area contributed by atoms with Crippen molar-refractivity contribution in [2.75, 3.05) is 0 Å². The van der Waals surface area contributed by atoms with E-state index in [2.05, 4.69) is 15.2 Å². The number of nitrogens with zero attached hydrogens (tertiary/aromatic N) is 2. The smallest absolute Gasteiger partial charge is 0.337 e. The fourth-order valence-corrected chi connectivity index (χ4v) is 2.14. The third kappa shape index (κ3) is 1.85. The first-order chi connectivity index (χ1) is 9.16. The van der Waals surface area contributed by atoms with Crippen LogP contribution in [0.2, 0.25) is 0 Å². The van der Waals surface area contributed by atoms with Crippen LogP contribution in [0, 0.1) is 6.92 Å². The number of hydrogen-bond donors (Lipinski definition) is 2. The fourth-order valence-electron chi connectivity index (χ4n) is 2.14. The summed E-state index contributed by atoms with van der Waals surface area (Å²) in [6.07, 6.45) is 1.24. The van der Waals surface area contributed by atoms with Gasteiger partial charge in [0.1, 0.15) is 5.69 Å². The van der Waals surface area contributed by atoms with E-state index < -0.39 is 5.97 Å². The van der Waals surface area contributed by atoms with E-state index in [-0.39, 0.29) is 5.56 Å². The molecule has 0 bridgehead atoms. The molecule has 0 saturated heterocycles. The van der Waals surface area contributed by atoms with E-state index in [0.29, 0.717) is 5.69 Å². The zero-order chi connectivity index (χ0) is 13.4. The van der Waals surface area contributed by atoms with Crippen molar-refractivity contribution >= 4 is 16.9 Å². The number of carboxylic acid groups (broad SMARTS) is 1. The maximum Gasteiger partial charge on any atom is 0.337 e. The van der Waals surface area contributed by atoms with Crippen LogP contribution < -0.4 is 0 Å². The van der Waals surface area contributed by atoms with Crippen molar-refractivity contribution < 1.29 is 9.90 Å². The van der Waals surface area contributed by atoms with Gasteiger partial charge in [0.25, 0.3) is 0 Å². The lowest BCUT2D eigenvalue weighted by atomic mass is 10.1. The average molecular weight is 253 g/mol. The Bertz CT molecular complexity index is 777. The number of H-pyrrole nitrogens is 1. The number of carboxylic acids is 1. The minimum atomic E-state index is -1.01. The van der Waals surface area contributed by atoms with Crippen LogP contribution in [0.15, 0.2) is 36.5 Å². The second kappa shape index (κ2) is 4.20. The van der Waals surface area contributed by atoms with Crippen LogP contribution in [0.25, 0.3) is 22.3 Å². The summed E-state index contributed by atoms with van der Waals surface area (Å²) in [6.45, 7) is 1.98. The van der Waals surface area contributed by atoms with Crippen molar-refractivity contribution in [2.24, 2.45) is 0 Å². The van der Waals surface area contributed by atoms with Crippen molar-refractivity contribution in [3.63, 3.8) is 0 Å². The highest BCUT2D eigenvalue weighted by Gasteiger charge is 2.13. The molecule has 0 aliphatic carbocycles. The van der Waals surface area contributed by atoms with Gasteiger partial charge in [-0.1, -0.05) is 18.2 Å². The van der Waals surface area contributed by atoms with Crippen molar-refractivity contribution in [1.82, 2.24) is 15.2 Å². The number of aromatic carboxylic acids is 1. The highest BCUT2D eigenvalue weighted by Crippen LogP contribution is 2.28. The SMILES string of the molecule is Cc1c(-c2cc(C(=O)O)cnn2)[nH]c2ccccc12. The van der Waals surface area contributed by atoms with Crippen LogP contribution in [0.5, 0.6) is 0 Å². The first-order valence-electron chi connectivity index (χ1n) is 5.80. The largest absolute Gasteiger partial charge is 0.478 e. The minimum Gasteiger partial charge on any atom is -0.478 e. The lowest BCUT2D eigenvalue weighted by molar-refractivity contribution is 0.0696. The molecule has 19 heavy (non-hydrogen) atoms. The molecular weight excluding hydrogens is 242 g/mol. The molecule has 0 atom stereocenters. The molecule has 94 valence electrons. The van der Waals surface area contributed by atoms with E-state index in [1.807, 2.05) is 31.2 Å². The van der Waals surface area contributed by atoms with E-state index in [1.54, 1.807) is 0 Å². The number of para-hydroxylation sites is 1. The van der Waals surface area contributed by atoms with E-state index >= 15 is 0 Å². The Balaban J connectivity index is 2.21. The number of carbonyl (C=O) groups is 1. The molecule has 0 aliphatic heterocycles. The van der Waals surface area contributed by atoms with Gasteiger partial charge in [-0.3, -0.25) is 0 Å². The molecule has 0 unspecified atom stereocenters. The maximum absolute atomic E-state index is 11.0. The summed E-state index contributed by atoms with van der Waals surface area (Å²) in [4.78, 5) is 14.2. The molecule has 0 amide bonds. The molecule has 2 heterocycles. The van der Waals surface area contributed by atoms with Gasteiger partial charge in [0, 0.05) is 10.9 Å². The monoisotopic (exact) mass is 253 g/mol. The molecule has 5 nitrogen and oxygen atoms in total. The zero-order valence-corrected chi connectivity index (χ0v) is 10.2. The van der Waals surface area contributed by atoms with Gasteiger partial charge < -0.3 is 10.1 Å². The normalized spacial score (nSPS) is 10.8. The first kappa shape index (κ1) is 11.4. The lowest BCUT2D eigenvalue weighted by Gasteiger charge is -2.00. The lowest BCUT2D eigenvalue weighted by Crippen LogP contribution is -2.00. The summed E-state index contributed by atoms with van der Waals surface area (Å²) in [5.74, 6) is -1.01. The maximum atomic E-state index is 11.0. The van der Waals surface area contributed by atoms with E-state index in [4.69, 9.17) is 5.11 Å². The quantitative estimate of drug-likeness (QED) is 0.735. The molecule has 5 heteroatoms. The Hall–Kier alpha value is -2.69. The number of aromatic nitrogens is 3. The Morgan fingerprint density at radius 1 is 1.32 bits per heavy atom. The van der Waals surface area contributed by atoms with Gasteiger partial charge in [0.2, 0.25) is 0 Å². The number of aryl methyl sites for hydroxylation is 1. The standard InChI is InChI=1S/C14H11N3O2/c1-8-10-4-2-3-5-11(10)16-13(8)12-6-9(14(18)19)7-15-17-12/h2-7,16H,1H3,(H,18,19). The third-order valence-electron chi connectivity index (χ3n) is 3.12. The summed E-state index contributed by atoms with van der Waals surface area (Å²) >= 11 is 0. The Morgan fingerprint density at radius 3 is 2.84 bits per heavy atom. The van der Waals surface area contributed by atoms with Gasteiger partial charge in [-0.2, -0.15) is 5.10 Å². The van der Waals surface area contributed by atoms with Gasteiger partial charge in [-0.25, -0.2) is 4.79 Å². The third-order valence-corrected chi connectivity index (χ3v) is 3.12. The molecule has 0 spiro atoms. The van der Waals surface area contributed by atoms with Crippen LogP contribution in [0.1, 0.15) is 15.9 Å². The molecule has 0 radical (unpaired) electrons. The van der Waals surface area contributed by atoms with Gasteiger partial charge in [0.15, 0.2) is 0 Å². The summed E-state index contributed by atoms with van der Waals surface area (Å²) in [7, 11) is 0. The summed E-state index contributed by atoms with van der Waals surface area (Å²) < 4.78 is 0. The molecule has 2 aromatic heterocycles. The predicted molar refractivity (Wildman–Crippen MR) is 71.0 cm³/mol. The Labute approximate surface area is 108 Å². The molecule has 3 rings (SSSR count). The van der Waals surface area contributed by atoms with Gasteiger partial charge >= 0.3 is 5.97 Å². The Kier molecular flexibility index (Phi) is 2.52. The van der Waals surface area contributed by atoms with Crippen LogP contribution in [0.3, 0.4) is 0 Å². The van der Waals surface area contributed by atoms with Crippen LogP contribution in [-0.4, -0.2) is 26.3 Å². The highest BCUT2D eigenvalue weighted by molar-refractivity contribution is 5.92. The highest BCUT2D eigenvalue weighted by atomic mass is 16.4. The van der Waals surface area contributed by atoms with Crippen molar-refractivity contribution in [3.05, 3.63) is 47.7 Å². The molecule has 1 aromatic carbocycles. The van der Waals surface area contributed by atoms with Gasteiger partial charge in [-0.05, 0) is 24.6 Å². The zero-order valence-electron chi connectivity index (χ0n) is 10.2. The topological polar surface area (TPSA) is 78.9 Å². The molecule has 0 aliphatic rings. The molecular formula is C14H11N3O2. The molecule has 0 saturated carbocycles. The summed E-state index contributed by atoms with van der Waals surface area (Å²) in [6, 6.07) is 9.42. The Morgan fingerprint density at radius 2 is 2.11 bits per heavy atom. The second-order valence-electron chi connectivity index (χ2n) is 4.31. The molecule has 3 aromatic rings. The van der Waals surface area contributed by atoms with E-state index in [1.165, 1.54) is 12.3 Å². The van der Waals surface area contributed by atoms with Crippen LogP contribution >= 0.6 is 0 Å². The van der Waals surface area contributed by atoms with Gasteiger partial charge in [-0.15, -0.1) is 5.10 Å². The molecule has 2 N–H and O–H groups in total. The summed E-state index contributed by atoms with van der Waals surface area (Å²) in [5.41, 5.74) is 3.50. The number of fused-ring (bicyclic) bond motifs is 1. The van der Waals surface area contributed by atoms with E-state index in [9.17, 15) is 4.79 Å². The molecule has 0 fully saturated rings. The second-order valence-corrected chi connectivity index (χ2v) is 4.31. The van der Waals surface area contributed by atoms with Gasteiger partial charge in [0.05, 0.1) is 17.5 Å². The fraction of sp³-hybridized carbons (Fsp3) is 0.0714. The number of aromatic amines is 1. The van der Waals surface area contributed by atoms with E-state index in [0.717, 1.165) is 22.2 Å². The number of hydrogen-bond acceptors (Lipinski definition) is 3. The predicted octanol–water partition coefficient (Wildman–Crippen LogP) is 2.63. The van der Waals surface area contributed by atoms with Crippen LogP contribution in [-0.2, 0) is 0 Å². The number of nitrogens with one attached hydrogen (secondary N) is 1. The van der Waals surface area contributed by atoms with Crippen molar-refractivity contribution in [3.8, 4) is 11.4 Å². The van der Waals surface area contributed by atoms with Crippen molar-refractivity contribution in [1.29, 1.82) is 0 Å². The van der Waals surface area contributed by atoms with Crippen LogP contribution in [0.4, 0.5) is 0 Å². The number of rotatable bonds is 2. The van der Waals surface area contributed by atoms with Crippen molar-refractivity contribution in [2.45, 2.75) is 6.92 Å². The average Bonchev–Trinajstić information content (AvgIpc) is 2.77. The first-order valence-corrected chi connectivity index (χ1v) is 5.80. The minimum absolute atomic E-state index is 0.128.